The number of nitrogens with one attached hydrogen (secondary N) is 1. The average molecular weight is 303 g/mol. The highest BCUT2D eigenvalue weighted by Gasteiger charge is 2.55. The van der Waals surface area contributed by atoms with Gasteiger partial charge in [-0.1, -0.05) is 12.5 Å². The Kier molecular flexibility index (Phi) is 4.00. The first kappa shape index (κ1) is 14.8. The number of likely N-dealkylation sites (tertiary alicyclic amines) is 1. The minimum Gasteiger partial charge on any atom is -0.481 e. The van der Waals surface area contributed by atoms with Crippen molar-refractivity contribution in [3.8, 4) is 0 Å². The highest BCUT2D eigenvalue weighted by molar-refractivity contribution is 5.80. The molecule has 0 bridgehead atoms. The van der Waals surface area contributed by atoms with Gasteiger partial charge in [-0.2, -0.15) is 0 Å². The van der Waals surface area contributed by atoms with Crippen molar-refractivity contribution >= 4 is 12.0 Å². The highest BCUT2D eigenvalue weighted by Crippen LogP contribution is 2.48. The zero-order chi connectivity index (χ0) is 15.6. The van der Waals surface area contributed by atoms with E-state index in [1.165, 1.54) is 0 Å². The van der Waals surface area contributed by atoms with Gasteiger partial charge in [0.25, 0.3) is 0 Å². The van der Waals surface area contributed by atoms with Crippen LogP contribution >= 0.6 is 0 Å². The lowest BCUT2D eigenvalue weighted by molar-refractivity contribution is -0.149. The molecule has 1 aliphatic carbocycles. The van der Waals surface area contributed by atoms with Crippen molar-refractivity contribution in [3.05, 3.63) is 30.1 Å². The van der Waals surface area contributed by atoms with E-state index in [-0.39, 0.29) is 11.9 Å². The van der Waals surface area contributed by atoms with Crippen molar-refractivity contribution in [1.82, 2.24) is 15.2 Å². The first-order valence-electron chi connectivity index (χ1n) is 7.77. The number of aromatic nitrogens is 1. The topological polar surface area (TPSA) is 82.5 Å². The van der Waals surface area contributed by atoms with E-state index in [0.29, 0.717) is 26.1 Å². The molecule has 2 heterocycles. The molecule has 2 N–H and O–H groups in total. The fraction of sp³-hybridized carbons (Fsp3) is 0.562. The van der Waals surface area contributed by atoms with Gasteiger partial charge < -0.3 is 15.3 Å². The maximum absolute atomic E-state index is 12.2. The third-order valence-electron chi connectivity index (χ3n) is 5.00. The minimum atomic E-state index is -0.749. The lowest BCUT2D eigenvalue weighted by Gasteiger charge is -2.23. The molecule has 0 radical (unpaired) electrons. The number of carboxylic acid groups (broad SMARTS) is 1. The number of hydrogen-bond acceptors (Lipinski definition) is 3. The quantitative estimate of drug-likeness (QED) is 0.883. The SMILES string of the molecule is O=C(NCCc1cccnc1)N1C[C@@H]2CCC[C@@]2(C(=O)O)C1. The maximum atomic E-state index is 12.2. The third-order valence-corrected chi connectivity index (χ3v) is 5.00. The Bertz CT molecular complexity index is 563. The molecule has 0 aromatic carbocycles. The van der Waals surface area contributed by atoms with E-state index in [2.05, 4.69) is 10.3 Å². The van der Waals surface area contributed by atoms with E-state index < -0.39 is 11.4 Å². The molecule has 1 aromatic heterocycles. The summed E-state index contributed by atoms with van der Waals surface area (Å²) in [5, 5.41) is 12.4. The number of aliphatic carboxylic acids is 1. The van der Waals surface area contributed by atoms with Crippen LogP contribution in [0.3, 0.4) is 0 Å². The molecule has 6 nitrogen and oxygen atoms in total. The smallest absolute Gasteiger partial charge is 0.317 e. The Balaban J connectivity index is 1.53. The number of nitrogens with zero attached hydrogens (tertiary/aromatic N) is 2. The molecule has 2 fully saturated rings. The number of rotatable bonds is 4. The molecule has 118 valence electrons. The second-order valence-corrected chi connectivity index (χ2v) is 6.27. The maximum Gasteiger partial charge on any atom is 0.317 e. The Morgan fingerprint density at radius 1 is 1.50 bits per heavy atom. The number of urea groups is 1. The van der Waals surface area contributed by atoms with Gasteiger partial charge in [-0.05, 0) is 36.8 Å². The molecule has 1 saturated carbocycles. The van der Waals surface area contributed by atoms with Crippen LogP contribution in [0, 0.1) is 11.3 Å². The summed E-state index contributed by atoms with van der Waals surface area (Å²) in [5.41, 5.74) is 0.365. The number of carbonyl (C=O) groups excluding carboxylic acids is 1. The standard InChI is InChI=1S/C16H21N3O3/c20-14(21)16-6-1-4-13(16)10-19(11-16)15(22)18-8-5-12-3-2-7-17-9-12/h2-3,7,9,13H,1,4-6,8,10-11H2,(H,18,22)(H,20,21)/t13-,16+/m0/s1. The number of fused-ring (bicyclic) bond motifs is 1. The molecule has 6 heteroatoms. The number of carboxylic acids is 1. The van der Waals surface area contributed by atoms with Gasteiger partial charge in [0.05, 0.1) is 5.41 Å². The molecule has 1 saturated heterocycles. The van der Waals surface area contributed by atoms with Gasteiger partial charge in [-0.15, -0.1) is 0 Å². The van der Waals surface area contributed by atoms with Crippen LogP contribution in [0.2, 0.25) is 0 Å². The van der Waals surface area contributed by atoms with E-state index in [9.17, 15) is 14.7 Å². The number of carbonyl (C=O) groups is 2. The van der Waals surface area contributed by atoms with E-state index in [1.54, 1.807) is 17.3 Å². The second kappa shape index (κ2) is 5.94. The Labute approximate surface area is 129 Å². The van der Waals surface area contributed by atoms with Crippen molar-refractivity contribution in [2.45, 2.75) is 25.7 Å². The van der Waals surface area contributed by atoms with Crippen LogP contribution in [0.15, 0.2) is 24.5 Å². The van der Waals surface area contributed by atoms with Crippen LogP contribution in [0.5, 0.6) is 0 Å². The van der Waals surface area contributed by atoms with E-state index in [4.69, 9.17) is 0 Å². The van der Waals surface area contributed by atoms with Crippen LogP contribution in [0.25, 0.3) is 0 Å². The predicted octanol–water partition coefficient (Wildman–Crippen LogP) is 1.52. The summed E-state index contributed by atoms with van der Waals surface area (Å²) in [4.78, 5) is 29.6. The van der Waals surface area contributed by atoms with Crippen molar-refractivity contribution in [3.63, 3.8) is 0 Å². The lowest BCUT2D eigenvalue weighted by Crippen LogP contribution is -2.42. The Hall–Kier alpha value is -2.11. The Morgan fingerprint density at radius 3 is 3.05 bits per heavy atom. The largest absolute Gasteiger partial charge is 0.481 e. The van der Waals surface area contributed by atoms with Crippen molar-refractivity contribution in [2.75, 3.05) is 19.6 Å². The zero-order valence-corrected chi connectivity index (χ0v) is 12.5. The Morgan fingerprint density at radius 2 is 2.36 bits per heavy atom. The summed E-state index contributed by atoms with van der Waals surface area (Å²) in [6, 6.07) is 3.69. The van der Waals surface area contributed by atoms with Gasteiger partial charge in [0, 0.05) is 32.0 Å². The van der Waals surface area contributed by atoms with Gasteiger partial charge in [0.1, 0.15) is 0 Å². The molecule has 22 heavy (non-hydrogen) atoms. The van der Waals surface area contributed by atoms with Crippen molar-refractivity contribution < 1.29 is 14.7 Å². The molecule has 0 unspecified atom stereocenters. The van der Waals surface area contributed by atoms with Gasteiger partial charge >= 0.3 is 12.0 Å². The van der Waals surface area contributed by atoms with E-state index in [0.717, 1.165) is 24.8 Å². The average Bonchev–Trinajstić information content (AvgIpc) is 3.06. The molecular formula is C16H21N3O3. The minimum absolute atomic E-state index is 0.106. The van der Waals surface area contributed by atoms with Crippen LogP contribution in [-0.2, 0) is 11.2 Å². The molecule has 1 aliphatic heterocycles. The fourth-order valence-electron chi connectivity index (χ4n) is 3.77. The molecule has 2 aliphatic rings. The third kappa shape index (κ3) is 2.65. The predicted molar refractivity (Wildman–Crippen MR) is 80.3 cm³/mol. The molecule has 3 rings (SSSR count). The molecule has 0 spiro atoms. The van der Waals surface area contributed by atoms with Gasteiger partial charge in [-0.25, -0.2) is 4.79 Å². The van der Waals surface area contributed by atoms with Crippen LogP contribution in [-0.4, -0.2) is 46.6 Å². The number of hydrogen-bond donors (Lipinski definition) is 2. The molecular weight excluding hydrogens is 282 g/mol. The summed E-state index contributed by atoms with van der Waals surface area (Å²) in [6.45, 7) is 1.43. The normalized spacial score (nSPS) is 26.7. The summed E-state index contributed by atoms with van der Waals surface area (Å²) < 4.78 is 0. The number of amides is 2. The highest BCUT2D eigenvalue weighted by atomic mass is 16.4. The zero-order valence-electron chi connectivity index (χ0n) is 12.5. The second-order valence-electron chi connectivity index (χ2n) is 6.27. The summed E-state index contributed by atoms with van der Waals surface area (Å²) >= 11 is 0. The summed E-state index contributed by atoms with van der Waals surface area (Å²) in [7, 11) is 0. The lowest BCUT2D eigenvalue weighted by atomic mass is 9.81. The molecule has 2 atom stereocenters. The van der Waals surface area contributed by atoms with Crippen LogP contribution < -0.4 is 5.32 Å². The van der Waals surface area contributed by atoms with Crippen molar-refractivity contribution in [1.29, 1.82) is 0 Å². The van der Waals surface area contributed by atoms with Crippen LogP contribution in [0.1, 0.15) is 24.8 Å². The monoisotopic (exact) mass is 303 g/mol. The van der Waals surface area contributed by atoms with Gasteiger partial charge in [-0.3, -0.25) is 9.78 Å². The van der Waals surface area contributed by atoms with Gasteiger partial charge in [0.15, 0.2) is 0 Å². The van der Waals surface area contributed by atoms with Crippen LogP contribution in [0.4, 0.5) is 4.79 Å². The summed E-state index contributed by atoms with van der Waals surface area (Å²) in [6.07, 6.45) is 6.77. The van der Waals surface area contributed by atoms with Gasteiger partial charge in [0.2, 0.25) is 0 Å². The fourth-order valence-corrected chi connectivity index (χ4v) is 3.77. The number of pyridine rings is 1. The van der Waals surface area contributed by atoms with E-state index >= 15 is 0 Å². The first-order valence-corrected chi connectivity index (χ1v) is 7.77. The summed E-state index contributed by atoms with van der Waals surface area (Å²) in [5.74, 6) is -0.644. The van der Waals surface area contributed by atoms with E-state index in [1.807, 2.05) is 12.1 Å². The van der Waals surface area contributed by atoms with Crippen molar-refractivity contribution in [2.24, 2.45) is 11.3 Å². The first-order chi connectivity index (χ1) is 10.6. The molecule has 2 amide bonds. The molecule has 1 aromatic rings.